The van der Waals surface area contributed by atoms with Crippen LogP contribution >= 0.6 is 15.9 Å². The number of imidazole rings is 1. The summed E-state index contributed by atoms with van der Waals surface area (Å²) in [6.45, 7) is 4.51. The summed E-state index contributed by atoms with van der Waals surface area (Å²) in [5, 5.41) is 0. The van der Waals surface area contributed by atoms with Gasteiger partial charge in [0.15, 0.2) is 0 Å². The zero-order valence-electron chi connectivity index (χ0n) is 11.4. The predicted octanol–water partition coefficient (Wildman–Crippen LogP) is 2.75. The molecule has 0 N–H and O–H groups in total. The Morgan fingerprint density at radius 1 is 1.47 bits per heavy atom. The Morgan fingerprint density at radius 3 is 2.89 bits per heavy atom. The van der Waals surface area contributed by atoms with Crippen molar-refractivity contribution in [3.63, 3.8) is 0 Å². The Bertz CT molecular complexity index is 591. The molecule has 1 amide bonds. The van der Waals surface area contributed by atoms with Gasteiger partial charge in [-0.1, -0.05) is 19.9 Å². The third kappa shape index (κ3) is 2.97. The fraction of sp³-hybridized carbons (Fsp3) is 0.429. The van der Waals surface area contributed by atoms with Crippen molar-refractivity contribution >= 4 is 27.4 Å². The molecule has 0 saturated heterocycles. The smallest absolute Gasteiger partial charge is 0.224 e. The lowest BCUT2D eigenvalue weighted by Gasteiger charge is -2.18. The van der Waals surface area contributed by atoms with E-state index < -0.39 is 0 Å². The summed E-state index contributed by atoms with van der Waals surface area (Å²) in [6.07, 6.45) is 2.73. The molecule has 5 heteroatoms. The van der Waals surface area contributed by atoms with Crippen molar-refractivity contribution in [3.05, 3.63) is 34.8 Å². The first kappa shape index (κ1) is 14.1. The molecule has 2 rings (SSSR count). The van der Waals surface area contributed by atoms with Gasteiger partial charge in [0, 0.05) is 32.1 Å². The van der Waals surface area contributed by atoms with Crippen LogP contribution in [0.25, 0.3) is 5.52 Å². The maximum atomic E-state index is 11.8. The van der Waals surface area contributed by atoms with Gasteiger partial charge in [-0.25, -0.2) is 4.98 Å². The number of fused-ring (bicyclic) bond motifs is 1. The van der Waals surface area contributed by atoms with Crippen LogP contribution in [0.3, 0.4) is 0 Å². The minimum atomic E-state index is 0.0359. The number of pyridine rings is 1. The second-order valence-corrected chi connectivity index (χ2v) is 5.69. The highest BCUT2D eigenvalue weighted by Crippen LogP contribution is 2.18. The molecule has 0 aliphatic rings. The van der Waals surface area contributed by atoms with E-state index in [-0.39, 0.29) is 11.8 Å². The van der Waals surface area contributed by atoms with Crippen molar-refractivity contribution in [2.24, 2.45) is 5.92 Å². The molecule has 102 valence electrons. The molecule has 19 heavy (non-hydrogen) atoms. The lowest BCUT2D eigenvalue weighted by molar-refractivity contribution is -0.133. The average Bonchev–Trinajstić information content (AvgIpc) is 2.72. The maximum Gasteiger partial charge on any atom is 0.224 e. The molecule has 0 aliphatic carbocycles. The van der Waals surface area contributed by atoms with E-state index in [4.69, 9.17) is 0 Å². The van der Waals surface area contributed by atoms with Crippen LogP contribution < -0.4 is 0 Å². The van der Waals surface area contributed by atoms with Gasteiger partial charge < -0.3 is 9.30 Å². The van der Waals surface area contributed by atoms with Crippen LogP contribution in [0.15, 0.2) is 29.0 Å². The quantitative estimate of drug-likeness (QED) is 0.867. The highest BCUT2D eigenvalue weighted by atomic mass is 79.9. The summed E-state index contributed by atoms with van der Waals surface area (Å²) in [5.74, 6) is 1.17. The molecule has 0 unspecified atom stereocenters. The Morgan fingerprint density at radius 2 is 2.21 bits per heavy atom. The lowest BCUT2D eigenvalue weighted by Crippen LogP contribution is -2.32. The summed E-state index contributed by atoms with van der Waals surface area (Å²) in [7, 11) is 1.84. The lowest BCUT2D eigenvalue weighted by atomic mass is 10.2. The second kappa shape index (κ2) is 5.74. The average molecular weight is 324 g/mol. The molecule has 4 nitrogen and oxygen atoms in total. The van der Waals surface area contributed by atoms with Gasteiger partial charge >= 0.3 is 0 Å². The zero-order valence-corrected chi connectivity index (χ0v) is 13.0. The van der Waals surface area contributed by atoms with E-state index in [1.807, 2.05) is 45.3 Å². The number of rotatable bonds is 4. The highest BCUT2D eigenvalue weighted by Gasteiger charge is 2.14. The Hall–Kier alpha value is -1.36. The van der Waals surface area contributed by atoms with E-state index in [2.05, 4.69) is 25.3 Å². The second-order valence-electron chi connectivity index (χ2n) is 4.94. The van der Waals surface area contributed by atoms with Gasteiger partial charge in [0.25, 0.3) is 0 Å². The topological polar surface area (TPSA) is 37.6 Å². The van der Waals surface area contributed by atoms with Gasteiger partial charge in [0.2, 0.25) is 5.91 Å². The predicted molar refractivity (Wildman–Crippen MR) is 79.1 cm³/mol. The number of halogens is 1. The van der Waals surface area contributed by atoms with E-state index in [0.717, 1.165) is 22.4 Å². The molecule has 2 aromatic rings. The molecule has 2 aromatic heterocycles. The number of carbonyl (C=O) groups excluding carboxylic acids is 1. The van der Waals surface area contributed by atoms with Gasteiger partial charge in [-0.05, 0) is 28.1 Å². The minimum Gasteiger partial charge on any atom is -0.345 e. The molecule has 0 bridgehead atoms. The summed E-state index contributed by atoms with van der Waals surface area (Å²) in [5.41, 5.74) is 1.05. The number of carbonyl (C=O) groups is 1. The van der Waals surface area contributed by atoms with Crippen LogP contribution in [0.4, 0.5) is 0 Å². The number of amides is 1. The van der Waals surface area contributed by atoms with Crippen LogP contribution in [0.5, 0.6) is 0 Å². The number of likely N-dealkylation sites (N-methyl/N-ethyl adjacent to an activating group) is 1. The molecule has 0 fully saturated rings. The maximum absolute atomic E-state index is 11.8. The molecule has 2 heterocycles. The first-order chi connectivity index (χ1) is 9.00. The SMILES string of the molecule is CC(C)C(=O)N(C)CCc1nc(Br)c2ccccn12. The van der Waals surface area contributed by atoms with Crippen molar-refractivity contribution in [3.8, 4) is 0 Å². The minimum absolute atomic E-state index is 0.0359. The van der Waals surface area contributed by atoms with Gasteiger partial charge in [0.1, 0.15) is 10.4 Å². The molecule has 0 aromatic carbocycles. The van der Waals surface area contributed by atoms with Gasteiger partial charge in [-0.2, -0.15) is 0 Å². The number of aromatic nitrogens is 2. The van der Waals surface area contributed by atoms with E-state index in [9.17, 15) is 4.79 Å². The van der Waals surface area contributed by atoms with E-state index in [0.29, 0.717) is 6.54 Å². The van der Waals surface area contributed by atoms with Crippen LogP contribution in [-0.2, 0) is 11.2 Å². The van der Waals surface area contributed by atoms with Crippen LogP contribution in [-0.4, -0.2) is 33.8 Å². The molecule has 0 spiro atoms. The van der Waals surface area contributed by atoms with Crippen molar-refractivity contribution < 1.29 is 4.79 Å². The van der Waals surface area contributed by atoms with Crippen molar-refractivity contribution in [2.45, 2.75) is 20.3 Å². The normalized spacial score (nSPS) is 11.2. The van der Waals surface area contributed by atoms with Gasteiger partial charge in [0.05, 0.1) is 5.52 Å². The molecule has 0 aliphatic heterocycles. The molecule has 0 radical (unpaired) electrons. The first-order valence-electron chi connectivity index (χ1n) is 6.37. The third-order valence-electron chi connectivity index (χ3n) is 3.12. The van der Waals surface area contributed by atoms with Crippen LogP contribution in [0, 0.1) is 5.92 Å². The summed E-state index contributed by atoms with van der Waals surface area (Å²) in [6, 6.07) is 5.98. The summed E-state index contributed by atoms with van der Waals surface area (Å²) < 4.78 is 2.90. The molecule has 0 saturated carbocycles. The van der Waals surface area contributed by atoms with Gasteiger partial charge in [-0.15, -0.1) is 0 Å². The number of hydrogen-bond acceptors (Lipinski definition) is 2. The van der Waals surface area contributed by atoms with Crippen molar-refractivity contribution in [1.29, 1.82) is 0 Å². The molecule has 0 atom stereocenters. The molecular weight excluding hydrogens is 306 g/mol. The molecular formula is C14H18BrN3O. The Balaban J connectivity index is 2.12. The number of hydrogen-bond donors (Lipinski definition) is 0. The zero-order chi connectivity index (χ0) is 14.0. The van der Waals surface area contributed by atoms with E-state index >= 15 is 0 Å². The standard InChI is InChI=1S/C14H18BrN3O/c1-10(2)14(19)17(3)9-7-12-16-13(15)11-6-4-5-8-18(11)12/h4-6,8,10H,7,9H2,1-3H3. The Kier molecular flexibility index (Phi) is 4.24. The Labute approximate surface area is 121 Å². The highest BCUT2D eigenvalue weighted by molar-refractivity contribution is 9.10. The monoisotopic (exact) mass is 323 g/mol. The summed E-state index contributed by atoms with van der Waals surface area (Å²) >= 11 is 3.46. The van der Waals surface area contributed by atoms with Crippen molar-refractivity contribution in [1.82, 2.24) is 14.3 Å². The fourth-order valence-corrected chi connectivity index (χ4v) is 2.58. The van der Waals surface area contributed by atoms with E-state index in [1.54, 1.807) is 4.90 Å². The largest absolute Gasteiger partial charge is 0.345 e. The summed E-state index contributed by atoms with van der Waals surface area (Å²) in [4.78, 5) is 18.1. The van der Waals surface area contributed by atoms with Crippen LogP contribution in [0.2, 0.25) is 0 Å². The van der Waals surface area contributed by atoms with Crippen molar-refractivity contribution in [2.75, 3.05) is 13.6 Å². The van der Waals surface area contributed by atoms with E-state index in [1.165, 1.54) is 0 Å². The third-order valence-corrected chi connectivity index (χ3v) is 3.70. The van der Waals surface area contributed by atoms with Gasteiger partial charge in [-0.3, -0.25) is 4.79 Å². The van der Waals surface area contributed by atoms with Crippen LogP contribution in [0.1, 0.15) is 19.7 Å². The first-order valence-corrected chi connectivity index (χ1v) is 7.16. The number of nitrogens with zero attached hydrogens (tertiary/aromatic N) is 3. The fourth-order valence-electron chi connectivity index (χ4n) is 2.06.